The van der Waals surface area contributed by atoms with E-state index in [0.29, 0.717) is 13.1 Å². The van der Waals surface area contributed by atoms with Gasteiger partial charge in [-0.2, -0.15) is 5.10 Å². The minimum Gasteiger partial charge on any atom is -0.351 e. The summed E-state index contributed by atoms with van der Waals surface area (Å²) in [6.07, 6.45) is 4.01. The lowest BCUT2D eigenvalue weighted by molar-refractivity contribution is -0.122. The lowest BCUT2D eigenvalue weighted by Crippen LogP contribution is -2.28. The van der Waals surface area contributed by atoms with E-state index >= 15 is 0 Å². The Morgan fingerprint density at radius 2 is 1.80 bits per heavy atom. The minimum atomic E-state index is -0.104. The van der Waals surface area contributed by atoms with Crippen molar-refractivity contribution in [1.82, 2.24) is 20.1 Å². The molecule has 0 aliphatic heterocycles. The summed E-state index contributed by atoms with van der Waals surface area (Å²) in [5.74, 6) is -0.0341. The largest absolute Gasteiger partial charge is 0.351 e. The molecule has 1 N–H and O–H groups in total. The van der Waals surface area contributed by atoms with Gasteiger partial charge >= 0.3 is 0 Å². The Hall–Kier alpha value is -2.95. The van der Waals surface area contributed by atoms with Crippen LogP contribution in [0.4, 0.5) is 0 Å². The molecule has 0 saturated heterocycles. The third-order valence-electron chi connectivity index (χ3n) is 4.23. The molecule has 2 aromatic carbocycles. The summed E-state index contributed by atoms with van der Waals surface area (Å²) in [5, 5.41) is 7.15. The van der Waals surface area contributed by atoms with Gasteiger partial charge in [0.2, 0.25) is 5.91 Å². The second-order valence-electron chi connectivity index (χ2n) is 6.00. The minimum absolute atomic E-state index is 0.0698. The van der Waals surface area contributed by atoms with Crippen molar-refractivity contribution in [3.05, 3.63) is 83.9 Å². The topological polar surface area (TPSA) is 59.8 Å². The number of hydrogen-bond donors (Lipinski definition) is 1. The van der Waals surface area contributed by atoms with Gasteiger partial charge in [0, 0.05) is 6.54 Å². The zero-order valence-electron chi connectivity index (χ0n) is 14.3. The molecule has 3 rings (SSSR count). The van der Waals surface area contributed by atoms with Crippen molar-refractivity contribution >= 4 is 5.91 Å². The quantitative estimate of drug-likeness (QED) is 0.722. The number of benzene rings is 2. The number of carbonyl (C=O) groups is 1. The summed E-state index contributed by atoms with van der Waals surface area (Å²) in [6, 6.07) is 18.1. The number of carbonyl (C=O) groups excluding carboxylic acids is 1. The van der Waals surface area contributed by atoms with Crippen LogP contribution in [0.2, 0.25) is 0 Å². The standard InChI is InChI=1S/C20H22N4O/c1-2-19(18-6-4-3-5-7-18)20(25)22-12-16-8-10-17(11-9-16)13-24-15-21-14-23-24/h3-11,14-15,19H,2,12-13H2,1H3,(H,22,25)/t19-/m0/s1. The summed E-state index contributed by atoms with van der Waals surface area (Å²) in [4.78, 5) is 16.4. The van der Waals surface area contributed by atoms with Crippen LogP contribution in [0.5, 0.6) is 0 Å². The van der Waals surface area contributed by atoms with E-state index in [1.54, 1.807) is 11.0 Å². The van der Waals surface area contributed by atoms with Gasteiger partial charge < -0.3 is 5.32 Å². The van der Waals surface area contributed by atoms with Gasteiger partial charge in [-0.1, -0.05) is 61.5 Å². The first-order chi connectivity index (χ1) is 12.3. The van der Waals surface area contributed by atoms with E-state index in [0.717, 1.165) is 23.1 Å². The molecule has 1 amide bonds. The van der Waals surface area contributed by atoms with Gasteiger partial charge in [-0.25, -0.2) is 9.67 Å². The van der Waals surface area contributed by atoms with Gasteiger partial charge in [0.1, 0.15) is 12.7 Å². The van der Waals surface area contributed by atoms with Crippen LogP contribution < -0.4 is 5.32 Å². The van der Waals surface area contributed by atoms with Crippen LogP contribution >= 0.6 is 0 Å². The Morgan fingerprint density at radius 3 is 2.44 bits per heavy atom. The number of aromatic nitrogens is 3. The zero-order valence-corrected chi connectivity index (χ0v) is 14.3. The van der Waals surface area contributed by atoms with E-state index in [-0.39, 0.29) is 11.8 Å². The average Bonchev–Trinajstić information content (AvgIpc) is 3.16. The Kier molecular flexibility index (Phi) is 5.57. The van der Waals surface area contributed by atoms with Crippen molar-refractivity contribution in [2.24, 2.45) is 0 Å². The van der Waals surface area contributed by atoms with E-state index < -0.39 is 0 Å². The highest BCUT2D eigenvalue weighted by molar-refractivity contribution is 5.83. The summed E-state index contributed by atoms with van der Waals surface area (Å²) in [6.45, 7) is 3.26. The molecule has 0 saturated carbocycles. The second-order valence-corrected chi connectivity index (χ2v) is 6.00. The molecule has 0 unspecified atom stereocenters. The summed E-state index contributed by atoms with van der Waals surface area (Å²) >= 11 is 0. The summed E-state index contributed by atoms with van der Waals surface area (Å²) in [5.41, 5.74) is 3.29. The highest BCUT2D eigenvalue weighted by atomic mass is 16.1. The maximum atomic E-state index is 12.5. The number of nitrogens with one attached hydrogen (secondary N) is 1. The first-order valence-corrected chi connectivity index (χ1v) is 8.49. The summed E-state index contributed by atoms with van der Waals surface area (Å²) in [7, 11) is 0. The van der Waals surface area contributed by atoms with Crippen LogP contribution in [0.25, 0.3) is 0 Å². The van der Waals surface area contributed by atoms with Gasteiger partial charge in [0.15, 0.2) is 0 Å². The first-order valence-electron chi connectivity index (χ1n) is 8.49. The van der Waals surface area contributed by atoms with Crippen molar-refractivity contribution in [2.45, 2.75) is 32.4 Å². The predicted octanol–water partition coefficient (Wildman–Crippen LogP) is 3.14. The second kappa shape index (κ2) is 8.24. The molecular formula is C20H22N4O. The van der Waals surface area contributed by atoms with Crippen molar-refractivity contribution in [3.63, 3.8) is 0 Å². The van der Waals surface area contributed by atoms with E-state index in [1.807, 2.05) is 49.4 Å². The molecule has 0 aliphatic carbocycles. The van der Waals surface area contributed by atoms with Gasteiger partial charge in [0.05, 0.1) is 12.5 Å². The Labute approximate surface area is 147 Å². The maximum absolute atomic E-state index is 12.5. The predicted molar refractivity (Wildman–Crippen MR) is 96.9 cm³/mol. The molecule has 1 aromatic heterocycles. The van der Waals surface area contributed by atoms with Crippen molar-refractivity contribution < 1.29 is 4.79 Å². The van der Waals surface area contributed by atoms with Crippen LogP contribution in [-0.4, -0.2) is 20.7 Å². The highest BCUT2D eigenvalue weighted by Gasteiger charge is 2.17. The average molecular weight is 334 g/mol. The number of nitrogens with zero attached hydrogens (tertiary/aromatic N) is 3. The molecule has 5 heteroatoms. The normalized spacial score (nSPS) is 11.9. The van der Waals surface area contributed by atoms with Gasteiger partial charge in [-0.05, 0) is 23.1 Å². The summed E-state index contributed by atoms with van der Waals surface area (Å²) < 4.78 is 1.78. The van der Waals surface area contributed by atoms with Gasteiger partial charge in [0.25, 0.3) is 0 Å². The third kappa shape index (κ3) is 4.53. The maximum Gasteiger partial charge on any atom is 0.227 e. The molecule has 5 nitrogen and oxygen atoms in total. The molecule has 3 aromatic rings. The van der Waals surface area contributed by atoms with E-state index in [2.05, 4.69) is 27.5 Å². The molecular weight excluding hydrogens is 312 g/mol. The van der Waals surface area contributed by atoms with Crippen LogP contribution in [0.1, 0.15) is 36.0 Å². The molecule has 0 fully saturated rings. The van der Waals surface area contributed by atoms with Crippen molar-refractivity contribution in [1.29, 1.82) is 0 Å². The smallest absolute Gasteiger partial charge is 0.227 e. The van der Waals surface area contributed by atoms with E-state index in [4.69, 9.17) is 0 Å². The Morgan fingerprint density at radius 1 is 1.08 bits per heavy atom. The lowest BCUT2D eigenvalue weighted by atomic mass is 9.95. The Bertz CT molecular complexity index is 782. The zero-order chi connectivity index (χ0) is 17.5. The lowest BCUT2D eigenvalue weighted by Gasteiger charge is -2.15. The van der Waals surface area contributed by atoms with Crippen molar-refractivity contribution in [3.8, 4) is 0 Å². The van der Waals surface area contributed by atoms with Crippen LogP contribution in [0, 0.1) is 0 Å². The van der Waals surface area contributed by atoms with Crippen molar-refractivity contribution in [2.75, 3.05) is 0 Å². The van der Waals surface area contributed by atoms with Crippen LogP contribution in [-0.2, 0) is 17.9 Å². The molecule has 1 atom stereocenters. The molecule has 1 heterocycles. The fourth-order valence-corrected chi connectivity index (χ4v) is 2.83. The monoisotopic (exact) mass is 334 g/mol. The molecule has 0 aliphatic rings. The van der Waals surface area contributed by atoms with Gasteiger partial charge in [-0.3, -0.25) is 4.79 Å². The van der Waals surface area contributed by atoms with E-state index in [1.165, 1.54) is 6.33 Å². The van der Waals surface area contributed by atoms with Gasteiger partial charge in [-0.15, -0.1) is 0 Å². The highest BCUT2D eigenvalue weighted by Crippen LogP contribution is 2.19. The molecule has 0 bridgehead atoms. The SMILES string of the molecule is CC[C@H](C(=O)NCc1ccc(Cn2cncn2)cc1)c1ccccc1. The molecule has 128 valence electrons. The third-order valence-corrected chi connectivity index (χ3v) is 4.23. The van der Waals surface area contributed by atoms with Crippen LogP contribution in [0.3, 0.4) is 0 Å². The molecule has 0 spiro atoms. The number of hydrogen-bond acceptors (Lipinski definition) is 3. The molecule has 25 heavy (non-hydrogen) atoms. The first kappa shape index (κ1) is 16.9. The number of rotatable bonds is 7. The molecule has 0 radical (unpaired) electrons. The van der Waals surface area contributed by atoms with E-state index in [9.17, 15) is 4.79 Å². The number of amides is 1. The fourth-order valence-electron chi connectivity index (χ4n) is 2.83. The van der Waals surface area contributed by atoms with Crippen LogP contribution in [0.15, 0.2) is 67.3 Å². The fraction of sp³-hybridized carbons (Fsp3) is 0.250. The Balaban J connectivity index is 1.56.